The Morgan fingerprint density at radius 3 is 2.70 bits per heavy atom. The third kappa shape index (κ3) is 4.73. The van der Waals surface area contributed by atoms with Crippen LogP contribution in [0.5, 0.6) is 5.75 Å². The van der Waals surface area contributed by atoms with Crippen LogP contribution in [0.2, 0.25) is 0 Å². The summed E-state index contributed by atoms with van der Waals surface area (Å²) >= 11 is 0. The van der Waals surface area contributed by atoms with Gasteiger partial charge in [-0.3, -0.25) is 14.2 Å². The summed E-state index contributed by atoms with van der Waals surface area (Å²) in [6.45, 7) is 5.04. The van der Waals surface area contributed by atoms with Gasteiger partial charge in [0.1, 0.15) is 12.4 Å². The van der Waals surface area contributed by atoms with Gasteiger partial charge in [0.25, 0.3) is 5.56 Å². The van der Waals surface area contributed by atoms with Crippen LogP contribution in [0.25, 0.3) is 10.9 Å². The second-order valence-corrected chi connectivity index (χ2v) is 6.48. The molecule has 2 aromatic carbocycles. The molecule has 0 unspecified atom stereocenters. The minimum absolute atomic E-state index is 0.126. The summed E-state index contributed by atoms with van der Waals surface area (Å²) in [7, 11) is 0. The predicted molar refractivity (Wildman–Crippen MR) is 105 cm³/mol. The summed E-state index contributed by atoms with van der Waals surface area (Å²) in [6, 6.07) is 13.3. The number of carbonyl (C=O) groups is 1. The summed E-state index contributed by atoms with van der Waals surface area (Å²) in [5.74, 6) is 0.651. The fourth-order valence-corrected chi connectivity index (χ4v) is 2.80. The average molecular weight is 365 g/mol. The molecule has 0 spiro atoms. The Balaban J connectivity index is 1.48. The third-order valence-corrected chi connectivity index (χ3v) is 4.35. The van der Waals surface area contributed by atoms with Gasteiger partial charge < -0.3 is 10.1 Å². The van der Waals surface area contributed by atoms with E-state index < -0.39 is 0 Å². The van der Waals surface area contributed by atoms with Crippen LogP contribution in [0.1, 0.15) is 17.5 Å². The molecule has 0 atom stereocenters. The van der Waals surface area contributed by atoms with Gasteiger partial charge in [-0.1, -0.05) is 29.8 Å². The molecule has 1 heterocycles. The lowest BCUT2D eigenvalue weighted by Gasteiger charge is -2.09. The van der Waals surface area contributed by atoms with Crippen LogP contribution in [0.15, 0.2) is 53.6 Å². The van der Waals surface area contributed by atoms with Crippen LogP contribution < -0.4 is 15.6 Å². The molecule has 1 aromatic heterocycles. The van der Waals surface area contributed by atoms with Crippen molar-refractivity contribution in [3.05, 3.63) is 70.3 Å². The van der Waals surface area contributed by atoms with E-state index in [0.29, 0.717) is 30.6 Å². The topological polar surface area (TPSA) is 73.2 Å². The minimum Gasteiger partial charge on any atom is -0.492 e. The summed E-state index contributed by atoms with van der Waals surface area (Å²) in [4.78, 5) is 28.9. The van der Waals surface area contributed by atoms with Crippen LogP contribution in [-0.2, 0) is 11.3 Å². The maximum absolute atomic E-state index is 12.5. The first-order valence-corrected chi connectivity index (χ1v) is 8.95. The molecular formula is C21H23N3O3. The van der Waals surface area contributed by atoms with Gasteiger partial charge >= 0.3 is 0 Å². The zero-order valence-corrected chi connectivity index (χ0v) is 15.6. The zero-order valence-electron chi connectivity index (χ0n) is 15.6. The fourth-order valence-electron chi connectivity index (χ4n) is 2.80. The van der Waals surface area contributed by atoms with Gasteiger partial charge in [0, 0.05) is 13.0 Å². The highest BCUT2D eigenvalue weighted by Crippen LogP contribution is 2.12. The van der Waals surface area contributed by atoms with Crippen LogP contribution in [0.4, 0.5) is 0 Å². The van der Waals surface area contributed by atoms with Gasteiger partial charge in [-0.25, -0.2) is 4.98 Å². The predicted octanol–water partition coefficient (Wildman–Crippen LogP) is 2.60. The normalized spacial score (nSPS) is 10.7. The number of rotatable bonds is 7. The molecule has 6 heteroatoms. The van der Waals surface area contributed by atoms with Crippen molar-refractivity contribution in [3.8, 4) is 5.75 Å². The molecule has 0 aliphatic carbocycles. The summed E-state index contributed by atoms with van der Waals surface area (Å²) in [5, 5.41) is 3.37. The Morgan fingerprint density at radius 1 is 1.15 bits per heavy atom. The minimum atomic E-state index is -0.126. The smallest absolute Gasteiger partial charge is 0.261 e. The van der Waals surface area contributed by atoms with Crippen molar-refractivity contribution in [3.63, 3.8) is 0 Å². The zero-order chi connectivity index (χ0) is 19.2. The van der Waals surface area contributed by atoms with Crippen LogP contribution in [0, 0.1) is 13.8 Å². The van der Waals surface area contributed by atoms with Gasteiger partial charge in [0.2, 0.25) is 5.91 Å². The Bertz CT molecular complexity index is 994. The first-order valence-electron chi connectivity index (χ1n) is 8.95. The maximum atomic E-state index is 12.5. The number of amides is 1. The number of hydrogen-bond acceptors (Lipinski definition) is 4. The number of ether oxygens (including phenoxy) is 1. The van der Waals surface area contributed by atoms with E-state index in [4.69, 9.17) is 4.74 Å². The largest absolute Gasteiger partial charge is 0.492 e. The van der Waals surface area contributed by atoms with Crippen LogP contribution in [-0.4, -0.2) is 28.6 Å². The molecule has 0 fully saturated rings. The lowest BCUT2D eigenvalue weighted by atomic mass is 10.1. The third-order valence-electron chi connectivity index (χ3n) is 4.35. The number of benzene rings is 2. The molecule has 0 saturated heterocycles. The molecule has 0 aliphatic heterocycles. The second-order valence-electron chi connectivity index (χ2n) is 6.48. The number of hydrogen-bond donors (Lipinski definition) is 1. The van der Waals surface area contributed by atoms with Crippen molar-refractivity contribution in [1.29, 1.82) is 0 Å². The number of nitrogens with one attached hydrogen (secondary N) is 1. The monoisotopic (exact) mass is 365 g/mol. The standard InChI is InChI=1S/C21H23N3O3/c1-15-6-8-17(9-7-15)27-13-11-22-19(25)10-12-24-14-23-20-16(2)4-3-5-18(20)21(24)26/h3-9,14H,10-13H2,1-2H3,(H,22,25). The van der Waals surface area contributed by atoms with Gasteiger partial charge in [-0.2, -0.15) is 0 Å². The quantitative estimate of drug-likeness (QED) is 0.653. The number of carbonyl (C=O) groups excluding carboxylic acids is 1. The number of fused-ring (bicyclic) bond motifs is 1. The molecule has 0 saturated carbocycles. The summed E-state index contributed by atoms with van der Waals surface area (Å²) in [5.41, 5.74) is 2.71. The van der Waals surface area contributed by atoms with Crippen molar-refractivity contribution >= 4 is 16.8 Å². The lowest BCUT2D eigenvalue weighted by molar-refractivity contribution is -0.121. The van der Waals surface area contributed by atoms with Crippen molar-refractivity contribution in [2.75, 3.05) is 13.2 Å². The SMILES string of the molecule is Cc1ccc(OCCNC(=O)CCn2cnc3c(C)cccc3c2=O)cc1. The number of aryl methyl sites for hydroxylation is 3. The molecular weight excluding hydrogens is 342 g/mol. The van der Waals surface area contributed by atoms with Gasteiger partial charge in [0.05, 0.1) is 23.8 Å². The molecule has 3 rings (SSSR count). The first-order chi connectivity index (χ1) is 13.0. The van der Waals surface area contributed by atoms with Gasteiger partial charge in [0.15, 0.2) is 0 Å². The van der Waals surface area contributed by atoms with E-state index in [1.54, 1.807) is 6.07 Å². The second kappa shape index (κ2) is 8.49. The highest BCUT2D eigenvalue weighted by Gasteiger charge is 2.07. The van der Waals surface area contributed by atoms with E-state index in [-0.39, 0.29) is 17.9 Å². The Kier molecular flexibility index (Phi) is 5.86. The maximum Gasteiger partial charge on any atom is 0.261 e. The Labute approximate surface area is 157 Å². The van der Waals surface area contributed by atoms with Crippen molar-refractivity contribution in [2.24, 2.45) is 0 Å². The molecule has 0 radical (unpaired) electrons. The summed E-state index contributed by atoms with van der Waals surface area (Å²) in [6.07, 6.45) is 1.72. The molecule has 3 aromatic rings. The molecule has 27 heavy (non-hydrogen) atoms. The van der Waals surface area contributed by atoms with Crippen molar-refractivity contribution < 1.29 is 9.53 Å². The molecule has 1 amide bonds. The average Bonchev–Trinajstić information content (AvgIpc) is 2.67. The van der Waals surface area contributed by atoms with E-state index in [2.05, 4.69) is 10.3 Å². The number of aromatic nitrogens is 2. The number of nitrogens with zero attached hydrogens (tertiary/aromatic N) is 2. The van der Waals surface area contributed by atoms with Crippen LogP contribution >= 0.6 is 0 Å². The molecule has 6 nitrogen and oxygen atoms in total. The highest BCUT2D eigenvalue weighted by atomic mass is 16.5. The Morgan fingerprint density at radius 2 is 1.93 bits per heavy atom. The molecule has 0 bridgehead atoms. The fraction of sp³-hybridized carbons (Fsp3) is 0.286. The van der Waals surface area contributed by atoms with E-state index in [9.17, 15) is 9.59 Å². The number of para-hydroxylation sites is 1. The van der Waals surface area contributed by atoms with Crippen LogP contribution in [0.3, 0.4) is 0 Å². The first kappa shape index (κ1) is 18.6. The molecule has 1 N–H and O–H groups in total. The lowest BCUT2D eigenvalue weighted by Crippen LogP contribution is -2.30. The van der Waals surface area contributed by atoms with E-state index in [1.807, 2.05) is 50.2 Å². The van der Waals surface area contributed by atoms with E-state index >= 15 is 0 Å². The Hall–Kier alpha value is -3.15. The molecule has 140 valence electrons. The van der Waals surface area contributed by atoms with E-state index in [1.165, 1.54) is 16.5 Å². The van der Waals surface area contributed by atoms with Crippen molar-refractivity contribution in [2.45, 2.75) is 26.8 Å². The van der Waals surface area contributed by atoms with Gasteiger partial charge in [-0.05, 0) is 37.6 Å². The summed E-state index contributed by atoms with van der Waals surface area (Å²) < 4.78 is 7.05. The van der Waals surface area contributed by atoms with Gasteiger partial charge in [-0.15, -0.1) is 0 Å². The molecule has 0 aliphatic rings. The highest BCUT2D eigenvalue weighted by molar-refractivity contribution is 5.80. The van der Waals surface area contributed by atoms with E-state index in [0.717, 1.165) is 11.3 Å². The van der Waals surface area contributed by atoms with Crippen molar-refractivity contribution in [1.82, 2.24) is 14.9 Å².